The number of carbonyl (C=O) groups excluding carboxylic acids is 1. The number of hydrogen-bond donors (Lipinski definition) is 2. The summed E-state index contributed by atoms with van der Waals surface area (Å²) in [6, 6.07) is 17.0. The fourth-order valence-corrected chi connectivity index (χ4v) is 5.45. The Labute approximate surface area is 215 Å². The van der Waals surface area contributed by atoms with Gasteiger partial charge in [0.1, 0.15) is 10.9 Å². The molecule has 0 saturated heterocycles. The summed E-state index contributed by atoms with van der Waals surface area (Å²) in [5.74, 6) is 0.573. The van der Waals surface area contributed by atoms with Gasteiger partial charge in [0.05, 0.1) is 25.3 Å². The number of ether oxygens (including phenoxy) is 2. The highest BCUT2D eigenvalue weighted by atomic mass is 35.5. The molecule has 10 heteroatoms. The van der Waals surface area contributed by atoms with Crippen LogP contribution >= 0.6 is 23.2 Å². The SMILES string of the molecule is COc1ccc([C@@H](C)NC(=O)[C@H](Cc2ccccc2)NS(=O)(=O)c2cc(Cl)ccc2Cl)cc1OC. The number of amides is 1. The van der Waals surface area contributed by atoms with E-state index in [1.807, 2.05) is 30.3 Å². The highest BCUT2D eigenvalue weighted by Crippen LogP contribution is 2.30. The molecule has 35 heavy (non-hydrogen) atoms. The van der Waals surface area contributed by atoms with E-state index in [0.717, 1.165) is 11.1 Å². The molecule has 7 nitrogen and oxygen atoms in total. The molecule has 186 valence electrons. The van der Waals surface area contributed by atoms with Crippen LogP contribution in [0.25, 0.3) is 0 Å². The molecular weight excluding hydrogens is 511 g/mol. The third-order valence-electron chi connectivity index (χ3n) is 5.35. The normalized spacial score (nSPS) is 13.1. The van der Waals surface area contributed by atoms with Gasteiger partial charge in [0.15, 0.2) is 11.5 Å². The molecule has 0 fully saturated rings. The molecule has 0 bridgehead atoms. The van der Waals surface area contributed by atoms with Crippen LogP contribution in [0.4, 0.5) is 0 Å². The van der Waals surface area contributed by atoms with Gasteiger partial charge in [-0.05, 0) is 54.8 Å². The van der Waals surface area contributed by atoms with Crippen LogP contribution in [0.3, 0.4) is 0 Å². The van der Waals surface area contributed by atoms with Crippen molar-refractivity contribution in [2.75, 3.05) is 14.2 Å². The van der Waals surface area contributed by atoms with Crippen molar-refractivity contribution < 1.29 is 22.7 Å². The molecule has 2 atom stereocenters. The summed E-state index contributed by atoms with van der Waals surface area (Å²) in [6.45, 7) is 1.79. The van der Waals surface area contributed by atoms with Gasteiger partial charge in [0, 0.05) is 5.02 Å². The molecule has 3 aromatic rings. The number of sulfonamides is 1. The monoisotopic (exact) mass is 536 g/mol. The Hall–Kier alpha value is -2.78. The first-order valence-corrected chi connectivity index (χ1v) is 12.9. The highest BCUT2D eigenvalue weighted by Gasteiger charge is 2.29. The zero-order chi connectivity index (χ0) is 25.6. The van der Waals surface area contributed by atoms with Crippen LogP contribution < -0.4 is 19.5 Å². The Bertz CT molecular complexity index is 1290. The predicted octanol–water partition coefficient (Wildman–Crippen LogP) is 4.78. The first kappa shape index (κ1) is 26.8. The second kappa shape index (κ2) is 11.8. The number of halogens is 2. The van der Waals surface area contributed by atoms with Gasteiger partial charge in [-0.25, -0.2) is 8.42 Å². The number of methoxy groups -OCH3 is 2. The van der Waals surface area contributed by atoms with Crippen molar-refractivity contribution in [2.45, 2.75) is 30.3 Å². The molecule has 0 unspecified atom stereocenters. The Morgan fingerprint density at radius 3 is 2.29 bits per heavy atom. The number of rotatable bonds is 10. The number of carbonyl (C=O) groups is 1. The molecule has 1 amide bonds. The van der Waals surface area contributed by atoms with Crippen LogP contribution in [0, 0.1) is 0 Å². The quantitative estimate of drug-likeness (QED) is 0.389. The van der Waals surface area contributed by atoms with Crippen molar-refractivity contribution >= 4 is 39.1 Å². The van der Waals surface area contributed by atoms with Crippen molar-refractivity contribution in [1.82, 2.24) is 10.0 Å². The zero-order valence-corrected chi connectivity index (χ0v) is 21.7. The average Bonchev–Trinajstić information content (AvgIpc) is 2.85. The van der Waals surface area contributed by atoms with E-state index >= 15 is 0 Å². The van der Waals surface area contributed by atoms with Crippen LogP contribution in [0.15, 0.2) is 71.6 Å². The molecule has 0 saturated carbocycles. The molecule has 0 heterocycles. The second-order valence-corrected chi connectivity index (χ2v) is 10.3. The van der Waals surface area contributed by atoms with E-state index in [1.165, 1.54) is 32.4 Å². The Morgan fingerprint density at radius 1 is 0.943 bits per heavy atom. The van der Waals surface area contributed by atoms with Gasteiger partial charge >= 0.3 is 0 Å². The third-order valence-corrected chi connectivity index (χ3v) is 7.53. The van der Waals surface area contributed by atoms with Crippen molar-refractivity contribution in [1.29, 1.82) is 0 Å². The Kier molecular flexibility index (Phi) is 9.02. The molecule has 0 aromatic heterocycles. The zero-order valence-electron chi connectivity index (χ0n) is 19.4. The van der Waals surface area contributed by atoms with E-state index in [9.17, 15) is 13.2 Å². The first-order valence-electron chi connectivity index (χ1n) is 10.7. The molecule has 3 aromatic carbocycles. The van der Waals surface area contributed by atoms with Gasteiger partial charge < -0.3 is 14.8 Å². The van der Waals surface area contributed by atoms with E-state index in [4.69, 9.17) is 32.7 Å². The number of nitrogens with one attached hydrogen (secondary N) is 2. The van der Waals surface area contributed by atoms with Gasteiger partial charge in [-0.2, -0.15) is 4.72 Å². The molecule has 2 N–H and O–H groups in total. The fourth-order valence-electron chi connectivity index (χ4n) is 3.49. The van der Waals surface area contributed by atoms with E-state index in [1.54, 1.807) is 25.1 Å². The summed E-state index contributed by atoms with van der Waals surface area (Å²) in [4.78, 5) is 13.1. The minimum Gasteiger partial charge on any atom is -0.493 e. The Balaban J connectivity index is 1.87. The van der Waals surface area contributed by atoms with Gasteiger partial charge in [-0.3, -0.25) is 4.79 Å². The van der Waals surface area contributed by atoms with E-state index in [-0.39, 0.29) is 21.4 Å². The van der Waals surface area contributed by atoms with E-state index < -0.39 is 28.0 Å². The average molecular weight is 537 g/mol. The summed E-state index contributed by atoms with van der Waals surface area (Å²) in [6.07, 6.45) is 0.128. The lowest BCUT2D eigenvalue weighted by molar-refractivity contribution is -0.123. The molecular formula is C25H26Cl2N2O5S. The van der Waals surface area contributed by atoms with Gasteiger partial charge in [-0.1, -0.05) is 59.6 Å². The Morgan fingerprint density at radius 2 is 1.63 bits per heavy atom. The van der Waals surface area contributed by atoms with Gasteiger partial charge in [0.25, 0.3) is 0 Å². The maximum Gasteiger partial charge on any atom is 0.242 e. The molecule has 0 spiro atoms. The van der Waals surface area contributed by atoms with Gasteiger partial charge in [0.2, 0.25) is 15.9 Å². The fraction of sp³-hybridized carbons (Fsp3) is 0.240. The second-order valence-electron chi connectivity index (χ2n) is 7.78. The van der Waals surface area contributed by atoms with Crippen molar-refractivity contribution in [3.8, 4) is 11.5 Å². The molecule has 0 radical (unpaired) electrons. The van der Waals surface area contributed by atoms with Crippen LogP contribution in [-0.4, -0.2) is 34.6 Å². The maximum absolute atomic E-state index is 13.3. The minimum absolute atomic E-state index is 0.000495. The van der Waals surface area contributed by atoms with Crippen molar-refractivity contribution in [3.05, 3.63) is 87.9 Å². The lowest BCUT2D eigenvalue weighted by atomic mass is 10.0. The summed E-state index contributed by atoms with van der Waals surface area (Å²) in [5, 5.41) is 3.09. The van der Waals surface area contributed by atoms with Crippen LogP contribution in [0.2, 0.25) is 10.0 Å². The lowest BCUT2D eigenvalue weighted by Gasteiger charge is -2.22. The summed E-state index contributed by atoms with van der Waals surface area (Å²) in [7, 11) is -1.10. The summed E-state index contributed by atoms with van der Waals surface area (Å²) < 4.78 is 39.4. The highest BCUT2D eigenvalue weighted by molar-refractivity contribution is 7.89. The third kappa shape index (κ3) is 6.89. The lowest BCUT2D eigenvalue weighted by Crippen LogP contribution is -2.48. The summed E-state index contributed by atoms with van der Waals surface area (Å²) >= 11 is 12.1. The van der Waals surface area contributed by atoms with E-state index in [2.05, 4.69) is 10.0 Å². The molecule has 0 aliphatic rings. The topological polar surface area (TPSA) is 93.7 Å². The number of benzene rings is 3. The van der Waals surface area contributed by atoms with Crippen LogP contribution in [0.1, 0.15) is 24.1 Å². The largest absolute Gasteiger partial charge is 0.493 e. The minimum atomic E-state index is -4.16. The standard InChI is InChI=1S/C25H26Cl2N2O5S/c1-16(18-9-12-22(33-2)23(14-18)34-3)28-25(30)21(13-17-7-5-4-6-8-17)29-35(31,32)24-15-19(26)10-11-20(24)27/h4-12,14-16,21,29H,13H2,1-3H3,(H,28,30)/t16-,21+/m1/s1. The molecule has 0 aliphatic carbocycles. The van der Waals surface area contributed by atoms with Crippen LogP contribution in [-0.2, 0) is 21.2 Å². The number of hydrogen-bond acceptors (Lipinski definition) is 5. The predicted molar refractivity (Wildman–Crippen MR) is 137 cm³/mol. The van der Waals surface area contributed by atoms with E-state index in [0.29, 0.717) is 11.5 Å². The maximum atomic E-state index is 13.3. The smallest absolute Gasteiger partial charge is 0.242 e. The first-order chi connectivity index (χ1) is 16.6. The van der Waals surface area contributed by atoms with Crippen LogP contribution in [0.5, 0.6) is 11.5 Å². The molecule has 0 aliphatic heterocycles. The summed E-state index contributed by atoms with van der Waals surface area (Å²) in [5.41, 5.74) is 1.54. The van der Waals surface area contributed by atoms with Gasteiger partial charge in [-0.15, -0.1) is 0 Å². The van der Waals surface area contributed by atoms with Crippen molar-refractivity contribution in [3.63, 3.8) is 0 Å². The van der Waals surface area contributed by atoms with Crippen molar-refractivity contribution in [2.24, 2.45) is 0 Å². The molecule has 3 rings (SSSR count).